The molecule has 19 heavy (non-hydrogen) atoms. The van der Waals surface area contributed by atoms with Crippen LogP contribution >= 0.6 is 0 Å². The number of nitrogens with two attached hydrogens (primary N) is 1. The Morgan fingerprint density at radius 1 is 1.42 bits per heavy atom. The fraction of sp³-hybridized carbons (Fsp3) is 0.538. The van der Waals surface area contributed by atoms with Crippen molar-refractivity contribution in [2.75, 3.05) is 19.4 Å². The van der Waals surface area contributed by atoms with Crippen LogP contribution in [0.4, 0.5) is 5.69 Å². The third-order valence-electron chi connectivity index (χ3n) is 3.66. The van der Waals surface area contributed by atoms with E-state index in [1.807, 2.05) is 6.92 Å². The molecule has 1 aliphatic rings. The molecule has 2 N–H and O–H groups in total. The second kappa shape index (κ2) is 5.11. The highest BCUT2D eigenvalue weighted by molar-refractivity contribution is 7.89. The third-order valence-corrected chi connectivity index (χ3v) is 5.70. The normalized spacial score (nSPS) is 24.0. The third kappa shape index (κ3) is 2.61. The summed E-state index contributed by atoms with van der Waals surface area (Å²) < 4.78 is 32.1. The first-order valence-electron chi connectivity index (χ1n) is 6.30. The Morgan fingerprint density at radius 2 is 2.11 bits per heavy atom. The molecule has 2 atom stereocenters. The summed E-state index contributed by atoms with van der Waals surface area (Å²) in [6.45, 7) is 4.26. The van der Waals surface area contributed by atoms with Crippen LogP contribution in [0.5, 0.6) is 0 Å². The van der Waals surface area contributed by atoms with Gasteiger partial charge in [-0.15, -0.1) is 0 Å². The molecule has 0 saturated carbocycles. The number of nitrogen functional groups attached to an aromatic ring is 1. The zero-order valence-corrected chi connectivity index (χ0v) is 12.3. The molecule has 1 aromatic carbocycles. The standard InChI is InChI=1S/C13H20N2O3S/c1-9-8-11(14)4-5-13(9)19(16,17)15(3)12-6-7-18-10(12)2/h4-5,8,10,12H,6-7,14H2,1-3H3. The highest BCUT2D eigenvalue weighted by Crippen LogP contribution is 2.27. The van der Waals surface area contributed by atoms with E-state index in [1.54, 1.807) is 32.2 Å². The predicted molar refractivity (Wildman–Crippen MR) is 74.4 cm³/mol. The predicted octanol–water partition coefficient (Wildman–Crippen LogP) is 1.38. The van der Waals surface area contributed by atoms with Crippen molar-refractivity contribution in [1.82, 2.24) is 4.31 Å². The van der Waals surface area contributed by atoms with Gasteiger partial charge < -0.3 is 10.5 Å². The molecule has 6 heteroatoms. The molecule has 5 nitrogen and oxygen atoms in total. The fourth-order valence-electron chi connectivity index (χ4n) is 2.49. The first-order valence-corrected chi connectivity index (χ1v) is 7.74. The molecule has 0 aromatic heterocycles. The molecular formula is C13H20N2O3S. The van der Waals surface area contributed by atoms with Gasteiger partial charge in [0, 0.05) is 19.3 Å². The highest BCUT2D eigenvalue weighted by atomic mass is 32.2. The van der Waals surface area contributed by atoms with Crippen LogP contribution in [0.1, 0.15) is 18.9 Å². The number of rotatable bonds is 3. The van der Waals surface area contributed by atoms with Gasteiger partial charge in [-0.3, -0.25) is 0 Å². The van der Waals surface area contributed by atoms with Gasteiger partial charge in [0.05, 0.1) is 17.0 Å². The number of likely N-dealkylation sites (N-methyl/N-ethyl adjacent to an activating group) is 1. The zero-order valence-electron chi connectivity index (χ0n) is 11.5. The van der Waals surface area contributed by atoms with Gasteiger partial charge in [0.25, 0.3) is 0 Å². The largest absolute Gasteiger partial charge is 0.399 e. The van der Waals surface area contributed by atoms with Crippen LogP contribution in [-0.2, 0) is 14.8 Å². The van der Waals surface area contributed by atoms with Crippen molar-refractivity contribution in [3.05, 3.63) is 23.8 Å². The minimum Gasteiger partial charge on any atom is -0.399 e. The Balaban J connectivity index is 2.36. The lowest BCUT2D eigenvalue weighted by Gasteiger charge is -2.26. The lowest BCUT2D eigenvalue weighted by atomic mass is 10.2. The molecule has 1 saturated heterocycles. The summed E-state index contributed by atoms with van der Waals surface area (Å²) in [5.74, 6) is 0. The van der Waals surface area contributed by atoms with Crippen molar-refractivity contribution in [3.63, 3.8) is 0 Å². The van der Waals surface area contributed by atoms with E-state index in [2.05, 4.69) is 0 Å². The van der Waals surface area contributed by atoms with Crippen LogP contribution < -0.4 is 5.73 Å². The smallest absolute Gasteiger partial charge is 0.243 e. The van der Waals surface area contributed by atoms with Crippen molar-refractivity contribution in [1.29, 1.82) is 0 Å². The Bertz CT molecular complexity index is 571. The summed E-state index contributed by atoms with van der Waals surface area (Å²) in [4.78, 5) is 0.309. The van der Waals surface area contributed by atoms with Gasteiger partial charge in [0.15, 0.2) is 0 Å². The average Bonchev–Trinajstić information content (AvgIpc) is 2.73. The van der Waals surface area contributed by atoms with Crippen LogP contribution in [0.15, 0.2) is 23.1 Å². The molecule has 2 unspecified atom stereocenters. The maximum Gasteiger partial charge on any atom is 0.243 e. The molecular weight excluding hydrogens is 264 g/mol. The summed E-state index contributed by atoms with van der Waals surface area (Å²) in [6, 6.07) is 4.75. The number of aryl methyl sites for hydroxylation is 1. The molecule has 0 amide bonds. The minimum atomic E-state index is -3.50. The molecule has 1 fully saturated rings. The molecule has 106 valence electrons. The lowest BCUT2D eigenvalue weighted by molar-refractivity contribution is 0.102. The second-order valence-electron chi connectivity index (χ2n) is 4.98. The first-order chi connectivity index (χ1) is 8.84. The fourth-order valence-corrected chi connectivity index (χ4v) is 4.14. The topological polar surface area (TPSA) is 72.6 Å². The molecule has 0 radical (unpaired) electrons. The summed E-state index contributed by atoms with van der Waals surface area (Å²) >= 11 is 0. The van der Waals surface area contributed by atoms with E-state index in [9.17, 15) is 8.42 Å². The average molecular weight is 284 g/mol. The molecule has 1 heterocycles. The number of hydrogen-bond acceptors (Lipinski definition) is 4. The number of benzene rings is 1. The van der Waals surface area contributed by atoms with Crippen LogP contribution in [0.2, 0.25) is 0 Å². The Kier molecular flexibility index (Phi) is 3.85. The Hall–Kier alpha value is -1.11. The van der Waals surface area contributed by atoms with Gasteiger partial charge in [-0.1, -0.05) is 0 Å². The van der Waals surface area contributed by atoms with E-state index in [0.717, 1.165) is 6.42 Å². The van der Waals surface area contributed by atoms with E-state index in [1.165, 1.54) is 4.31 Å². The summed E-state index contributed by atoms with van der Waals surface area (Å²) in [6.07, 6.45) is 0.652. The number of ether oxygens (including phenoxy) is 1. The Morgan fingerprint density at radius 3 is 2.63 bits per heavy atom. The Labute approximate surface area is 114 Å². The van der Waals surface area contributed by atoms with Crippen LogP contribution in [0.3, 0.4) is 0 Å². The van der Waals surface area contributed by atoms with Gasteiger partial charge in [0.2, 0.25) is 10.0 Å². The van der Waals surface area contributed by atoms with Gasteiger partial charge in [-0.05, 0) is 44.0 Å². The van der Waals surface area contributed by atoms with Crippen molar-refractivity contribution < 1.29 is 13.2 Å². The van der Waals surface area contributed by atoms with Gasteiger partial charge in [-0.2, -0.15) is 4.31 Å². The highest BCUT2D eigenvalue weighted by Gasteiger charge is 2.35. The van der Waals surface area contributed by atoms with Crippen LogP contribution in [0, 0.1) is 6.92 Å². The number of sulfonamides is 1. The summed E-state index contributed by atoms with van der Waals surface area (Å²) in [5.41, 5.74) is 6.89. The van der Waals surface area contributed by atoms with Crippen molar-refractivity contribution in [2.24, 2.45) is 0 Å². The van der Waals surface area contributed by atoms with E-state index in [4.69, 9.17) is 10.5 Å². The van der Waals surface area contributed by atoms with E-state index >= 15 is 0 Å². The molecule has 0 spiro atoms. The molecule has 1 aromatic rings. The lowest BCUT2D eigenvalue weighted by Crippen LogP contribution is -2.41. The molecule has 0 bridgehead atoms. The van der Waals surface area contributed by atoms with Crippen molar-refractivity contribution in [3.8, 4) is 0 Å². The second-order valence-corrected chi connectivity index (χ2v) is 6.94. The summed E-state index contributed by atoms with van der Waals surface area (Å²) in [5, 5.41) is 0. The summed E-state index contributed by atoms with van der Waals surface area (Å²) in [7, 11) is -1.89. The molecule has 1 aliphatic heterocycles. The maximum atomic E-state index is 12.6. The van der Waals surface area contributed by atoms with E-state index in [0.29, 0.717) is 22.8 Å². The quantitative estimate of drug-likeness (QED) is 0.851. The van der Waals surface area contributed by atoms with Crippen LogP contribution in [0.25, 0.3) is 0 Å². The van der Waals surface area contributed by atoms with Crippen molar-refractivity contribution >= 4 is 15.7 Å². The maximum absolute atomic E-state index is 12.6. The SMILES string of the molecule is Cc1cc(N)ccc1S(=O)(=O)N(C)C1CCOC1C. The van der Waals surface area contributed by atoms with E-state index in [-0.39, 0.29) is 12.1 Å². The zero-order chi connectivity index (χ0) is 14.2. The number of nitrogens with zero attached hydrogens (tertiary/aromatic N) is 1. The monoisotopic (exact) mass is 284 g/mol. The minimum absolute atomic E-state index is 0.0751. The molecule has 0 aliphatic carbocycles. The van der Waals surface area contributed by atoms with Crippen LogP contribution in [-0.4, -0.2) is 38.5 Å². The number of anilines is 1. The first kappa shape index (κ1) is 14.3. The van der Waals surface area contributed by atoms with Gasteiger partial charge >= 0.3 is 0 Å². The van der Waals surface area contributed by atoms with Crippen molar-refractivity contribution in [2.45, 2.75) is 37.3 Å². The van der Waals surface area contributed by atoms with Gasteiger partial charge in [-0.25, -0.2) is 8.42 Å². The molecule has 2 rings (SSSR count). The van der Waals surface area contributed by atoms with Gasteiger partial charge in [0.1, 0.15) is 0 Å². The van der Waals surface area contributed by atoms with E-state index < -0.39 is 10.0 Å². The number of hydrogen-bond donors (Lipinski definition) is 1.